The van der Waals surface area contributed by atoms with Crippen molar-refractivity contribution in [3.05, 3.63) is 16.3 Å². The van der Waals surface area contributed by atoms with E-state index < -0.39 is 15.6 Å². The topological polar surface area (TPSA) is 58.2 Å². The summed E-state index contributed by atoms with van der Waals surface area (Å²) in [6.45, 7) is 6.16. The molecule has 0 radical (unpaired) electrons. The van der Waals surface area contributed by atoms with Gasteiger partial charge in [-0.2, -0.15) is 0 Å². The second-order valence-electron chi connectivity index (χ2n) is 4.63. The van der Waals surface area contributed by atoms with Crippen LogP contribution in [0.15, 0.2) is 16.3 Å². The fourth-order valence-corrected chi connectivity index (χ4v) is 3.94. The van der Waals surface area contributed by atoms with E-state index in [0.717, 1.165) is 4.88 Å². The van der Waals surface area contributed by atoms with Crippen LogP contribution in [0, 0.1) is 0 Å². The first-order valence-corrected chi connectivity index (χ1v) is 7.37. The lowest BCUT2D eigenvalue weighted by Crippen LogP contribution is -2.40. The van der Waals surface area contributed by atoms with Gasteiger partial charge in [0.15, 0.2) is 0 Å². The summed E-state index contributed by atoms with van der Waals surface area (Å²) >= 11 is 1.45. The van der Waals surface area contributed by atoms with Crippen molar-refractivity contribution in [1.82, 2.24) is 10.0 Å². The van der Waals surface area contributed by atoms with E-state index in [4.69, 9.17) is 0 Å². The monoisotopic (exact) mass is 262 g/mol. The van der Waals surface area contributed by atoms with Crippen LogP contribution >= 0.6 is 11.3 Å². The summed E-state index contributed by atoms with van der Waals surface area (Å²) in [7, 11) is -1.55. The molecule has 1 heterocycles. The first kappa shape index (κ1) is 13.6. The Hall–Kier alpha value is -0.430. The van der Waals surface area contributed by atoms with Crippen LogP contribution in [-0.4, -0.2) is 21.0 Å². The zero-order chi connectivity index (χ0) is 12.4. The molecule has 92 valence electrons. The van der Waals surface area contributed by atoms with E-state index in [-0.39, 0.29) is 0 Å². The van der Waals surface area contributed by atoms with Gasteiger partial charge in [-0.3, -0.25) is 0 Å². The van der Waals surface area contributed by atoms with Gasteiger partial charge in [0.1, 0.15) is 0 Å². The molecule has 0 spiro atoms. The van der Waals surface area contributed by atoms with Crippen LogP contribution in [0.3, 0.4) is 0 Å². The largest absolute Gasteiger partial charge is 0.315 e. The van der Waals surface area contributed by atoms with Gasteiger partial charge >= 0.3 is 0 Å². The average Bonchev–Trinajstić information content (AvgIpc) is 2.49. The predicted octanol–water partition coefficient (Wildman–Crippen LogP) is 1.54. The highest BCUT2D eigenvalue weighted by molar-refractivity contribution is 7.89. The van der Waals surface area contributed by atoms with E-state index in [9.17, 15) is 8.42 Å². The minimum atomic E-state index is -3.38. The Morgan fingerprint density at radius 3 is 2.50 bits per heavy atom. The Kier molecular flexibility index (Phi) is 4.12. The molecule has 1 aromatic heterocycles. The molecule has 0 aliphatic rings. The molecule has 4 nitrogen and oxygen atoms in total. The third kappa shape index (κ3) is 3.86. The molecule has 0 aromatic carbocycles. The molecule has 6 heteroatoms. The van der Waals surface area contributed by atoms with Gasteiger partial charge in [-0.05, 0) is 33.9 Å². The quantitative estimate of drug-likeness (QED) is 0.865. The molecule has 0 amide bonds. The number of rotatable bonds is 4. The zero-order valence-corrected chi connectivity index (χ0v) is 11.6. The summed E-state index contributed by atoms with van der Waals surface area (Å²) in [4.78, 5) is 1.36. The molecular weight excluding hydrogens is 244 g/mol. The first-order valence-electron chi connectivity index (χ1n) is 5.00. The Morgan fingerprint density at radius 2 is 2.00 bits per heavy atom. The number of sulfonamides is 1. The maximum atomic E-state index is 11.9. The highest BCUT2D eigenvalue weighted by Gasteiger charge is 2.22. The minimum absolute atomic E-state index is 0.345. The second-order valence-corrected chi connectivity index (χ2v) is 7.31. The Balaban J connectivity index is 2.90. The molecule has 0 aliphatic heterocycles. The highest BCUT2D eigenvalue weighted by Crippen LogP contribution is 2.20. The molecule has 1 aromatic rings. The van der Waals surface area contributed by atoms with Gasteiger partial charge in [0.05, 0.1) is 4.90 Å². The number of hydrogen-bond donors (Lipinski definition) is 2. The number of thiophene rings is 1. The summed E-state index contributed by atoms with van der Waals surface area (Å²) in [6, 6.07) is 1.70. The van der Waals surface area contributed by atoms with Crippen LogP contribution in [-0.2, 0) is 16.6 Å². The van der Waals surface area contributed by atoms with Gasteiger partial charge in [-0.1, -0.05) is 0 Å². The maximum absolute atomic E-state index is 11.9. The molecular formula is C10H18N2O2S2. The summed E-state index contributed by atoms with van der Waals surface area (Å²) < 4.78 is 26.5. The lowest BCUT2D eigenvalue weighted by molar-refractivity contribution is 0.491. The number of nitrogens with one attached hydrogen (secondary N) is 2. The number of hydrogen-bond acceptors (Lipinski definition) is 4. The SMILES string of the molecule is CNCc1cc(S(=O)(=O)NC(C)(C)C)cs1. The Morgan fingerprint density at radius 1 is 1.38 bits per heavy atom. The molecule has 16 heavy (non-hydrogen) atoms. The third-order valence-corrected chi connectivity index (χ3v) is 4.55. The standard InChI is InChI=1S/C10H18N2O2S2/c1-10(2,3)12-16(13,14)9-5-8(6-11-4)15-7-9/h5,7,11-12H,6H2,1-4H3. The molecule has 0 unspecified atom stereocenters. The van der Waals surface area contributed by atoms with Crippen molar-refractivity contribution in [2.75, 3.05) is 7.05 Å². The molecule has 0 saturated heterocycles. The van der Waals surface area contributed by atoms with Crippen molar-refractivity contribution in [3.63, 3.8) is 0 Å². The van der Waals surface area contributed by atoms with Crippen LogP contribution in [0.5, 0.6) is 0 Å². The van der Waals surface area contributed by atoms with Gasteiger partial charge in [0, 0.05) is 22.3 Å². The van der Waals surface area contributed by atoms with Gasteiger partial charge in [-0.15, -0.1) is 11.3 Å². The fourth-order valence-electron chi connectivity index (χ4n) is 1.23. The molecule has 0 fully saturated rings. The van der Waals surface area contributed by atoms with Gasteiger partial charge in [0.25, 0.3) is 0 Å². The first-order chi connectivity index (χ1) is 7.24. The van der Waals surface area contributed by atoms with Crippen molar-refractivity contribution in [1.29, 1.82) is 0 Å². The molecule has 0 saturated carbocycles. The summed E-state index contributed by atoms with van der Waals surface area (Å²) in [5, 5.41) is 4.66. The van der Waals surface area contributed by atoms with Crippen molar-refractivity contribution >= 4 is 21.4 Å². The van der Waals surface area contributed by atoms with Crippen molar-refractivity contribution < 1.29 is 8.42 Å². The smallest absolute Gasteiger partial charge is 0.241 e. The summed E-state index contributed by atoms with van der Waals surface area (Å²) in [5.41, 5.74) is -0.454. The van der Waals surface area contributed by atoms with Gasteiger partial charge in [-0.25, -0.2) is 13.1 Å². The summed E-state index contributed by atoms with van der Waals surface area (Å²) in [6.07, 6.45) is 0. The Bertz CT molecular complexity index is 444. The normalized spacial score (nSPS) is 13.0. The second kappa shape index (κ2) is 4.83. The van der Waals surface area contributed by atoms with E-state index in [0.29, 0.717) is 11.4 Å². The van der Waals surface area contributed by atoms with Crippen LogP contribution in [0.2, 0.25) is 0 Å². The molecule has 0 aliphatic carbocycles. The maximum Gasteiger partial charge on any atom is 0.241 e. The van der Waals surface area contributed by atoms with Gasteiger partial charge < -0.3 is 5.32 Å². The van der Waals surface area contributed by atoms with E-state index >= 15 is 0 Å². The van der Waals surface area contributed by atoms with E-state index in [1.807, 2.05) is 27.8 Å². The summed E-state index contributed by atoms with van der Waals surface area (Å²) in [5.74, 6) is 0. The molecule has 2 N–H and O–H groups in total. The lowest BCUT2D eigenvalue weighted by Gasteiger charge is -2.19. The van der Waals surface area contributed by atoms with E-state index in [2.05, 4.69) is 10.0 Å². The van der Waals surface area contributed by atoms with Crippen LogP contribution in [0.4, 0.5) is 0 Å². The molecule has 0 bridgehead atoms. The lowest BCUT2D eigenvalue weighted by atomic mass is 10.1. The highest BCUT2D eigenvalue weighted by atomic mass is 32.2. The Labute approximate surface area is 101 Å². The van der Waals surface area contributed by atoms with E-state index in [1.165, 1.54) is 11.3 Å². The average molecular weight is 262 g/mol. The van der Waals surface area contributed by atoms with Crippen molar-refractivity contribution in [2.24, 2.45) is 0 Å². The van der Waals surface area contributed by atoms with Crippen molar-refractivity contribution in [2.45, 2.75) is 37.8 Å². The molecule has 0 atom stereocenters. The van der Waals surface area contributed by atoms with Crippen molar-refractivity contribution in [3.8, 4) is 0 Å². The third-order valence-electron chi connectivity index (χ3n) is 1.73. The van der Waals surface area contributed by atoms with E-state index in [1.54, 1.807) is 11.4 Å². The zero-order valence-electron chi connectivity index (χ0n) is 9.99. The molecule has 1 rings (SSSR count). The van der Waals surface area contributed by atoms with Crippen LogP contribution in [0.25, 0.3) is 0 Å². The van der Waals surface area contributed by atoms with Crippen LogP contribution in [0.1, 0.15) is 25.6 Å². The minimum Gasteiger partial charge on any atom is -0.315 e. The van der Waals surface area contributed by atoms with Crippen LogP contribution < -0.4 is 10.0 Å². The predicted molar refractivity (Wildman–Crippen MR) is 67.2 cm³/mol. The fraction of sp³-hybridized carbons (Fsp3) is 0.600. The van der Waals surface area contributed by atoms with Gasteiger partial charge in [0.2, 0.25) is 10.0 Å².